The van der Waals surface area contributed by atoms with E-state index in [9.17, 15) is 9.59 Å². The molecule has 0 aromatic heterocycles. The number of nitrogens with one attached hydrogen (secondary N) is 2. The van der Waals surface area contributed by atoms with E-state index in [1.54, 1.807) is 30.3 Å². The van der Waals surface area contributed by atoms with E-state index in [4.69, 9.17) is 14.2 Å². The maximum absolute atomic E-state index is 12.0. The molecule has 0 saturated heterocycles. The molecule has 2 amide bonds. The number of ether oxygens (including phenoxy) is 3. The quantitative estimate of drug-likeness (QED) is 0.718. The maximum atomic E-state index is 12.0. The topological polar surface area (TPSA) is 85.9 Å². The van der Waals surface area contributed by atoms with E-state index < -0.39 is 0 Å². The van der Waals surface area contributed by atoms with Crippen LogP contribution in [0, 0.1) is 0 Å². The van der Waals surface area contributed by atoms with E-state index in [0.29, 0.717) is 29.5 Å². The van der Waals surface area contributed by atoms with Gasteiger partial charge in [-0.25, -0.2) is 0 Å². The number of hydrogen-bond acceptors (Lipinski definition) is 5. The third-order valence-electron chi connectivity index (χ3n) is 3.31. The number of carbonyl (C=O) groups is 2. The summed E-state index contributed by atoms with van der Waals surface area (Å²) in [6, 6.07) is 14.0. The van der Waals surface area contributed by atoms with Gasteiger partial charge in [-0.15, -0.1) is 0 Å². The van der Waals surface area contributed by atoms with E-state index in [2.05, 4.69) is 10.6 Å². The second-order valence-electron chi connectivity index (χ2n) is 5.23. The van der Waals surface area contributed by atoms with Crippen molar-refractivity contribution in [1.29, 1.82) is 0 Å². The van der Waals surface area contributed by atoms with Crippen LogP contribution in [0.2, 0.25) is 0 Å². The van der Waals surface area contributed by atoms with Crippen molar-refractivity contribution in [2.75, 3.05) is 32.2 Å². The fourth-order valence-electron chi connectivity index (χ4n) is 2.12. The third kappa shape index (κ3) is 6.01. The van der Waals surface area contributed by atoms with Crippen molar-refractivity contribution < 1.29 is 23.8 Å². The summed E-state index contributed by atoms with van der Waals surface area (Å²) in [5.41, 5.74) is 0.546. The van der Waals surface area contributed by atoms with Crippen LogP contribution in [-0.2, 0) is 9.59 Å². The van der Waals surface area contributed by atoms with Crippen LogP contribution in [0.15, 0.2) is 48.5 Å². The maximum Gasteiger partial charge on any atom is 0.258 e. The SMILES string of the molecule is CCOc1ccc(NC(=O)CNC(=O)COc2ccccc2)cc1OC. The molecule has 2 aromatic rings. The molecule has 0 unspecified atom stereocenters. The van der Waals surface area contributed by atoms with Crippen molar-refractivity contribution in [3.8, 4) is 17.2 Å². The summed E-state index contributed by atoms with van der Waals surface area (Å²) in [6.45, 7) is 2.07. The van der Waals surface area contributed by atoms with Crippen LogP contribution < -0.4 is 24.8 Å². The summed E-state index contributed by atoms with van der Waals surface area (Å²) in [5, 5.41) is 5.19. The molecule has 2 rings (SSSR count). The average molecular weight is 358 g/mol. The molecule has 0 fully saturated rings. The minimum Gasteiger partial charge on any atom is -0.493 e. The van der Waals surface area contributed by atoms with E-state index in [1.807, 2.05) is 25.1 Å². The molecule has 2 N–H and O–H groups in total. The first-order chi connectivity index (χ1) is 12.6. The van der Waals surface area contributed by atoms with Crippen molar-refractivity contribution in [3.05, 3.63) is 48.5 Å². The first kappa shape index (κ1) is 19.1. The first-order valence-electron chi connectivity index (χ1n) is 8.17. The van der Waals surface area contributed by atoms with Crippen molar-refractivity contribution >= 4 is 17.5 Å². The van der Waals surface area contributed by atoms with Crippen molar-refractivity contribution in [2.24, 2.45) is 0 Å². The van der Waals surface area contributed by atoms with Crippen LogP contribution in [-0.4, -0.2) is 38.7 Å². The fraction of sp³-hybridized carbons (Fsp3) is 0.263. The van der Waals surface area contributed by atoms with Gasteiger partial charge >= 0.3 is 0 Å². The van der Waals surface area contributed by atoms with Crippen molar-refractivity contribution in [1.82, 2.24) is 5.32 Å². The Balaban J connectivity index is 1.78. The van der Waals surface area contributed by atoms with Gasteiger partial charge in [0, 0.05) is 11.8 Å². The van der Waals surface area contributed by atoms with Gasteiger partial charge in [-0.3, -0.25) is 9.59 Å². The molecule has 0 bridgehead atoms. The highest BCUT2D eigenvalue weighted by Crippen LogP contribution is 2.30. The Kier molecular flexibility index (Phi) is 7.30. The molecule has 0 aliphatic carbocycles. The lowest BCUT2D eigenvalue weighted by molar-refractivity contribution is -0.125. The summed E-state index contributed by atoms with van der Waals surface area (Å²) in [4.78, 5) is 23.7. The largest absolute Gasteiger partial charge is 0.493 e. The second-order valence-corrected chi connectivity index (χ2v) is 5.23. The van der Waals surface area contributed by atoms with Gasteiger partial charge in [0.1, 0.15) is 5.75 Å². The molecule has 0 heterocycles. The van der Waals surface area contributed by atoms with Gasteiger partial charge in [-0.1, -0.05) is 18.2 Å². The molecule has 0 saturated carbocycles. The number of methoxy groups -OCH3 is 1. The highest BCUT2D eigenvalue weighted by atomic mass is 16.5. The molecule has 0 radical (unpaired) electrons. The van der Waals surface area contributed by atoms with E-state index >= 15 is 0 Å². The van der Waals surface area contributed by atoms with Crippen LogP contribution in [0.4, 0.5) is 5.69 Å². The number of anilines is 1. The molecular weight excluding hydrogens is 336 g/mol. The van der Waals surface area contributed by atoms with Gasteiger partial charge in [0.05, 0.1) is 20.3 Å². The van der Waals surface area contributed by atoms with E-state index in [0.717, 1.165) is 0 Å². The van der Waals surface area contributed by atoms with Crippen LogP contribution in [0.3, 0.4) is 0 Å². The monoisotopic (exact) mass is 358 g/mol. The summed E-state index contributed by atoms with van der Waals surface area (Å²) < 4.78 is 16.0. The normalized spacial score (nSPS) is 9.92. The Hall–Kier alpha value is -3.22. The summed E-state index contributed by atoms with van der Waals surface area (Å²) >= 11 is 0. The van der Waals surface area contributed by atoms with Crippen LogP contribution >= 0.6 is 0 Å². The van der Waals surface area contributed by atoms with Crippen LogP contribution in [0.5, 0.6) is 17.2 Å². The highest BCUT2D eigenvalue weighted by molar-refractivity contribution is 5.94. The van der Waals surface area contributed by atoms with Crippen LogP contribution in [0.25, 0.3) is 0 Å². The first-order valence-corrected chi connectivity index (χ1v) is 8.17. The highest BCUT2D eigenvalue weighted by Gasteiger charge is 2.09. The Morgan fingerprint density at radius 1 is 0.962 bits per heavy atom. The zero-order valence-electron chi connectivity index (χ0n) is 14.8. The van der Waals surface area contributed by atoms with Gasteiger partial charge in [-0.2, -0.15) is 0 Å². The molecule has 2 aromatic carbocycles. The van der Waals surface area contributed by atoms with Gasteiger partial charge in [0.2, 0.25) is 5.91 Å². The van der Waals surface area contributed by atoms with Gasteiger partial charge in [0.25, 0.3) is 5.91 Å². The Morgan fingerprint density at radius 3 is 2.42 bits per heavy atom. The molecular formula is C19H22N2O5. The number of hydrogen-bond donors (Lipinski definition) is 2. The number of carbonyl (C=O) groups excluding carboxylic acids is 2. The fourth-order valence-corrected chi connectivity index (χ4v) is 2.12. The summed E-state index contributed by atoms with van der Waals surface area (Å²) in [6.07, 6.45) is 0. The predicted molar refractivity (Wildman–Crippen MR) is 97.7 cm³/mol. The number of para-hydroxylation sites is 1. The zero-order valence-corrected chi connectivity index (χ0v) is 14.8. The van der Waals surface area contributed by atoms with E-state index in [-0.39, 0.29) is 25.0 Å². The lowest BCUT2D eigenvalue weighted by atomic mass is 10.2. The lowest BCUT2D eigenvalue weighted by Gasteiger charge is -2.12. The van der Waals surface area contributed by atoms with Crippen molar-refractivity contribution in [2.45, 2.75) is 6.92 Å². The van der Waals surface area contributed by atoms with E-state index in [1.165, 1.54) is 7.11 Å². The molecule has 0 aliphatic rings. The third-order valence-corrected chi connectivity index (χ3v) is 3.31. The minimum absolute atomic E-state index is 0.159. The molecule has 0 aliphatic heterocycles. The zero-order chi connectivity index (χ0) is 18.8. The Labute approximate surface area is 152 Å². The molecule has 7 nitrogen and oxygen atoms in total. The minimum atomic E-state index is -0.381. The Morgan fingerprint density at radius 2 is 1.73 bits per heavy atom. The smallest absolute Gasteiger partial charge is 0.258 e. The van der Waals surface area contributed by atoms with Gasteiger partial charge < -0.3 is 24.8 Å². The molecule has 0 spiro atoms. The second kappa shape index (κ2) is 9.93. The van der Waals surface area contributed by atoms with Gasteiger partial charge in [0.15, 0.2) is 18.1 Å². The average Bonchev–Trinajstić information content (AvgIpc) is 2.67. The van der Waals surface area contributed by atoms with Crippen molar-refractivity contribution in [3.63, 3.8) is 0 Å². The molecule has 26 heavy (non-hydrogen) atoms. The summed E-state index contributed by atoms with van der Waals surface area (Å²) in [7, 11) is 1.52. The summed E-state index contributed by atoms with van der Waals surface area (Å²) in [5.74, 6) is 0.968. The lowest BCUT2D eigenvalue weighted by Crippen LogP contribution is -2.35. The molecule has 0 atom stereocenters. The number of rotatable bonds is 9. The predicted octanol–water partition coefficient (Wildman–Crippen LogP) is 2.23. The van der Waals surface area contributed by atoms with Gasteiger partial charge in [-0.05, 0) is 31.2 Å². The standard InChI is InChI=1S/C19H22N2O5/c1-3-25-16-10-9-14(11-17(16)24-2)21-18(22)12-20-19(23)13-26-15-7-5-4-6-8-15/h4-11H,3,12-13H2,1-2H3,(H,20,23)(H,21,22). The number of benzene rings is 2. The molecule has 138 valence electrons. The van der Waals surface area contributed by atoms with Crippen LogP contribution in [0.1, 0.15) is 6.92 Å². The molecule has 7 heteroatoms. The number of amides is 2. The Bertz CT molecular complexity index is 734.